The summed E-state index contributed by atoms with van der Waals surface area (Å²) in [6.07, 6.45) is 8.26. The molecule has 2 aliphatic heterocycles. The molecule has 0 spiro atoms. The van der Waals surface area contributed by atoms with Crippen molar-refractivity contribution in [3.05, 3.63) is 30.0 Å². The first-order valence-electron chi connectivity index (χ1n) is 12.4. The third-order valence-corrected chi connectivity index (χ3v) is 8.76. The first-order chi connectivity index (χ1) is 16.6. The molecule has 9 nitrogen and oxygen atoms in total. The quantitative estimate of drug-likeness (QED) is 0.673. The van der Waals surface area contributed by atoms with Gasteiger partial charge in [-0.3, -0.25) is 9.10 Å². The number of nitrogens with zero attached hydrogens (tertiary/aromatic N) is 5. The molecule has 1 atom stereocenters. The highest BCUT2D eigenvalue weighted by molar-refractivity contribution is 7.92. The molecule has 10 heteroatoms. The molecule has 1 saturated carbocycles. The molecule has 1 N–H and O–H groups in total. The van der Waals surface area contributed by atoms with Gasteiger partial charge < -0.3 is 15.1 Å². The number of rotatable bonds is 5. The Labute approximate surface area is 207 Å². The minimum absolute atomic E-state index is 0.0966. The maximum Gasteiger partial charge on any atom is 0.232 e. The van der Waals surface area contributed by atoms with Crippen LogP contribution in [0, 0.1) is 11.8 Å². The van der Waals surface area contributed by atoms with Crippen molar-refractivity contribution in [2.45, 2.75) is 52.0 Å². The van der Waals surface area contributed by atoms with Crippen molar-refractivity contribution in [2.24, 2.45) is 11.8 Å². The summed E-state index contributed by atoms with van der Waals surface area (Å²) in [7, 11) is -1.47. The van der Waals surface area contributed by atoms with E-state index < -0.39 is 10.0 Å². The zero-order valence-corrected chi connectivity index (χ0v) is 21.7. The number of sulfonamides is 1. The normalized spacial score (nSPS) is 20.9. The molecule has 0 saturated heterocycles. The summed E-state index contributed by atoms with van der Waals surface area (Å²) in [4.78, 5) is 26.8. The largest absolute Gasteiger partial charge is 0.351 e. The minimum Gasteiger partial charge on any atom is -0.351 e. The van der Waals surface area contributed by atoms with Gasteiger partial charge in [0.1, 0.15) is 5.69 Å². The van der Waals surface area contributed by atoms with Crippen LogP contribution in [0.15, 0.2) is 24.4 Å². The third-order valence-electron chi connectivity index (χ3n) is 7.58. The Hall–Kier alpha value is -2.88. The van der Waals surface area contributed by atoms with Crippen molar-refractivity contribution in [2.75, 3.05) is 45.8 Å². The van der Waals surface area contributed by atoms with E-state index in [-0.39, 0.29) is 17.7 Å². The first kappa shape index (κ1) is 23.8. The second kappa shape index (κ2) is 8.96. The fraction of sp³-hybridized carbons (Fsp3) is 0.560. The van der Waals surface area contributed by atoms with E-state index >= 15 is 0 Å². The zero-order valence-electron chi connectivity index (χ0n) is 20.9. The third kappa shape index (κ3) is 4.44. The molecule has 188 valence electrons. The summed E-state index contributed by atoms with van der Waals surface area (Å²) in [5, 5.41) is 3.31. The van der Waals surface area contributed by atoms with Crippen LogP contribution in [-0.4, -0.2) is 56.7 Å². The number of fused-ring (bicyclic) bond motifs is 2. The molecule has 0 radical (unpaired) electrons. The second-order valence-electron chi connectivity index (χ2n) is 10.3. The van der Waals surface area contributed by atoms with Crippen LogP contribution in [-0.2, 0) is 21.2 Å². The van der Waals surface area contributed by atoms with Crippen LogP contribution in [0.4, 0.5) is 28.8 Å². The summed E-state index contributed by atoms with van der Waals surface area (Å²) < 4.78 is 25.5. The maximum atomic E-state index is 13.3. The maximum absolute atomic E-state index is 13.3. The Morgan fingerprint density at radius 2 is 1.89 bits per heavy atom. The van der Waals surface area contributed by atoms with E-state index in [4.69, 9.17) is 4.98 Å². The Kier molecular flexibility index (Phi) is 6.11. The number of hydrogen-bond acceptors (Lipinski definition) is 7. The number of carbonyl (C=O) groups is 1. The average molecular weight is 499 g/mol. The van der Waals surface area contributed by atoms with Gasteiger partial charge in [-0.15, -0.1) is 0 Å². The van der Waals surface area contributed by atoms with Gasteiger partial charge in [0.25, 0.3) is 0 Å². The van der Waals surface area contributed by atoms with Crippen LogP contribution in [0.25, 0.3) is 0 Å². The number of nitrogens with one attached hydrogen (secondary N) is 1. The van der Waals surface area contributed by atoms with E-state index in [0.29, 0.717) is 31.5 Å². The van der Waals surface area contributed by atoms with Crippen molar-refractivity contribution in [1.29, 1.82) is 0 Å². The highest BCUT2D eigenvalue weighted by atomic mass is 32.2. The number of anilines is 5. The highest BCUT2D eigenvalue weighted by Crippen LogP contribution is 2.39. The minimum atomic E-state index is -3.29. The van der Waals surface area contributed by atoms with Crippen molar-refractivity contribution in [3.8, 4) is 0 Å². The molecule has 5 rings (SSSR count). The van der Waals surface area contributed by atoms with Gasteiger partial charge in [-0.2, -0.15) is 4.98 Å². The molecule has 1 aromatic heterocycles. The second-order valence-corrected chi connectivity index (χ2v) is 12.2. The Balaban J connectivity index is 1.48. The van der Waals surface area contributed by atoms with Crippen LogP contribution >= 0.6 is 0 Å². The molecule has 35 heavy (non-hydrogen) atoms. The zero-order chi connectivity index (χ0) is 24.9. The van der Waals surface area contributed by atoms with Crippen molar-refractivity contribution in [3.63, 3.8) is 0 Å². The van der Waals surface area contributed by atoms with Gasteiger partial charge in [0.2, 0.25) is 21.9 Å². The molecular weight excluding hydrogens is 464 g/mol. The predicted molar refractivity (Wildman–Crippen MR) is 139 cm³/mol. The average Bonchev–Trinajstić information content (AvgIpc) is 3.46. The van der Waals surface area contributed by atoms with Crippen LogP contribution < -0.4 is 19.4 Å². The molecule has 3 heterocycles. The lowest BCUT2D eigenvalue weighted by Crippen LogP contribution is -2.42. The van der Waals surface area contributed by atoms with Crippen LogP contribution in [0.3, 0.4) is 0 Å². The lowest BCUT2D eigenvalue weighted by molar-refractivity contribution is -0.122. The molecule has 3 aliphatic rings. The summed E-state index contributed by atoms with van der Waals surface area (Å²) in [5.41, 5.74) is 3.26. The van der Waals surface area contributed by atoms with E-state index in [9.17, 15) is 13.2 Å². The van der Waals surface area contributed by atoms with Crippen molar-refractivity contribution < 1.29 is 13.2 Å². The van der Waals surface area contributed by atoms with E-state index in [1.165, 1.54) is 23.4 Å². The van der Waals surface area contributed by atoms with Gasteiger partial charge in [0.05, 0.1) is 24.1 Å². The first-order valence-corrected chi connectivity index (χ1v) is 14.3. The van der Waals surface area contributed by atoms with Gasteiger partial charge in [0, 0.05) is 31.9 Å². The number of carbonyl (C=O) groups excluding carboxylic acids is 1. The number of aromatic nitrogens is 2. The van der Waals surface area contributed by atoms with Crippen LogP contribution in [0.2, 0.25) is 0 Å². The summed E-state index contributed by atoms with van der Waals surface area (Å²) in [5.74, 6) is 1.51. The SMILES string of the molecule is CC(C)C1CN(C2CCCC2)c2nc(Nc3ccc4c(c3)CCN4S(C)(=O)=O)ncc2N(C)C1=O. The fourth-order valence-electron chi connectivity index (χ4n) is 5.58. The molecule has 1 unspecified atom stereocenters. The van der Waals surface area contributed by atoms with E-state index in [1.54, 1.807) is 11.1 Å². The van der Waals surface area contributed by atoms with Gasteiger partial charge in [-0.25, -0.2) is 13.4 Å². The number of benzene rings is 1. The number of amides is 1. The van der Waals surface area contributed by atoms with Gasteiger partial charge >= 0.3 is 0 Å². The van der Waals surface area contributed by atoms with E-state index in [1.807, 2.05) is 25.2 Å². The van der Waals surface area contributed by atoms with E-state index in [0.717, 1.165) is 41.3 Å². The molecule has 1 aliphatic carbocycles. The van der Waals surface area contributed by atoms with Gasteiger partial charge in [0.15, 0.2) is 5.82 Å². The topological polar surface area (TPSA) is 98.7 Å². The lowest BCUT2D eigenvalue weighted by Gasteiger charge is -2.32. The number of hydrogen-bond donors (Lipinski definition) is 1. The fourth-order valence-corrected chi connectivity index (χ4v) is 6.53. The van der Waals surface area contributed by atoms with Crippen molar-refractivity contribution >= 4 is 44.8 Å². The van der Waals surface area contributed by atoms with Gasteiger partial charge in [-0.1, -0.05) is 26.7 Å². The molecular formula is C25H34N6O3S. The Bertz CT molecular complexity index is 1240. The molecule has 0 bridgehead atoms. The lowest BCUT2D eigenvalue weighted by atomic mass is 9.93. The predicted octanol–water partition coefficient (Wildman–Crippen LogP) is 3.54. The Morgan fingerprint density at radius 1 is 1.14 bits per heavy atom. The van der Waals surface area contributed by atoms with Gasteiger partial charge in [-0.05, 0) is 48.9 Å². The van der Waals surface area contributed by atoms with Crippen molar-refractivity contribution in [1.82, 2.24) is 9.97 Å². The highest BCUT2D eigenvalue weighted by Gasteiger charge is 2.38. The molecule has 1 amide bonds. The van der Waals surface area contributed by atoms with E-state index in [2.05, 4.69) is 29.0 Å². The monoisotopic (exact) mass is 498 g/mol. The summed E-state index contributed by atoms with van der Waals surface area (Å²) in [6.45, 7) is 5.34. The standard InChI is InChI=1S/C25H34N6O3S/c1-16(2)20-15-30(19-7-5-6-8-19)23-22(29(3)24(20)32)14-26-25(28-23)27-18-9-10-21-17(13-18)11-12-31(21)35(4,33)34/h9-10,13-14,16,19-20H,5-8,11-12,15H2,1-4H3,(H,26,27,28). The Morgan fingerprint density at radius 3 is 2.57 bits per heavy atom. The summed E-state index contributed by atoms with van der Waals surface area (Å²) in [6, 6.07) is 6.03. The van der Waals surface area contributed by atoms with Crippen LogP contribution in [0.1, 0.15) is 45.1 Å². The smallest absolute Gasteiger partial charge is 0.232 e. The molecule has 1 aromatic carbocycles. The van der Waals surface area contributed by atoms with Crippen LogP contribution in [0.5, 0.6) is 0 Å². The summed E-state index contributed by atoms with van der Waals surface area (Å²) >= 11 is 0. The molecule has 1 fully saturated rings. The molecule has 2 aromatic rings.